The van der Waals surface area contributed by atoms with E-state index in [1.165, 1.54) is 0 Å². The number of furan rings is 1. The number of hydrogen-bond donors (Lipinski definition) is 2. The van der Waals surface area contributed by atoms with Crippen LogP contribution in [0.15, 0.2) is 41.0 Å². The van der Waals surface area contributed by atoms with Crippen LogP contribution in [0.25, 0.3) is 0 Å². The van der Waals surface area contributed by atoms with Crippen LogP contribution in [0.5, 0.6) is 11.5 Å². The number of fused-ring (bicyclic) bond motifs is 1. The van der Waals surface area contributed by atoms with Crippen LogP contribution in [0.4, 0.5) is 0 Å². The van der Waals surface area contributed by atoms with Gasteiger partial charge in [0.1, 0.15) is 11.8 Å². The molecule has 1 aliphatic heterocycles. The minimum absolute atomic E-state index is 0.144. The molecule has 0 saturated heterocycles. The average Bonchev–Trinajstić information content (AvgIpc) is 3.29. The van der Waals surface area contributed by atoms with Crippen LogP contribution in [0, 0.1) is 5.92 Å². The maximum atomic E-state index is 12.6. The van der Waals surface area contributed by atoms with Crippen LogP contribution in [-0.4, -0.2) is 24.6 Å². The van der Waals surface area contributed by atoms with Crippen molar-refractivity contribution < 1.29 is 23.5 Å². The second-order valence-corrected chi connectivity index (χ2v) is 6.52. The van der Waals surface area contributed by atoms with Gasteiger partial charge in [-0.2, -0.15) is 0 Å². The molecule has 0 radical (unpaired) electrons. The first-order valence-electron chi connectivity index (χ1n) is 8.53. The highest BCUT2D eigenvalue weighted by Gasteiger charge is 2.24. The fourth-order valence-corrected chi connectivity index (χ4v) is 2.69. The van der Waals surface area contributed by atoms with Crippen LogP contribution < -0.4 is 20.1 Å². The summed E-state index contributed by atoms with van der Waals surface area (Å²) in [5, 5.41) is 5.60. The summed E-state index contributed by atoms with van der Waals surface area (Å²) in [6.45, 7) is 4.42. The van der Waals surface area contributed by atoms with E-state index in [2.05, 4.69) is 10.6 Å². The standard InChI is InChI=1S/C19H22N2O5/c1-12(2)8-15(19(23)20-10-14-4-3-7-24-14)21-18(22)13-5-6-16-17(9-13)26-11-25-16/h3-7,9,12,15H,8,10-11H2,1-2H3,(H,20,23)(H,21,22)/t15-/m0/s1. The van der Waals surface area contributed by atoms with Crippen molar-refractivity contribution in [1.29, 1.82) is 0 Å². The Morgan fingerprint density at radius 2 is 1.96 bits per heavy atom. The molecule has 26 heavy (non-hydrogen) atoms. The Morgan fingerprint density at radius 3 is 2.69 bits per heavy atom. The largest absolute Gasteiger partial charge is 0.467 e. The zero-order valence-electron chi connectivity index (χ0n) is 14.8. The number of nitrogens with one attached hydrogen (secondary N) is 2. The third-order valence-electron chi connectivity index (χ3n) is 3.98. The average molecular weight is 358 g/mol. The zero-order chi connectivity index (χ0) is 18.5. The molecule has 138 valence electrons. The first-order chi connectivity index (χ1) is 12.5. The van der Waals surface area contributed by atoms with Crippen LogP contribution in [-0.2, 0) is 11.3 Å². The van der Waals surface area contributed by atoms with E-state index in [-0.39, 0.29) is 31.1 Å². The lowest BCUT2D eigenvalue weighted by molar-refractivity contribution is -0.123. The summed E-state index contributed by atoms with van der Waals surface area (Å²) in [5.41, 5.74) is 0.418. The number of rotatable bonds is 7. The molecule has 0 saturated carbocycles. The van der Waals surface area contributed by atoms with Crippen molar-refractivity contribution in [3.05, 3.63) is 47.9 Å². The number of hydrogen-bond acceptors (Lipinski definition) is 5. The van der Waals surface area contributed by atoms with Gasteiger partial charge in [0.15, 0.2) is 11.5 Å². The summed E-state index contributed by atoms with van der Waals surface area (Å²) in [6, 6.07) is 7.85. The fourth-order valence-electron chi connectivity index (χ4n) is 2.69. The Balaban J connectivity index is 1.65. The monoisotopic (exact) mass is 358 g/mol. The highest BCUT2D eigenvalue weighted by atomic mass is 16.7. The fraction of sp³-hybridized carbons (Fsp3) is 0.368. The molecule has 3 rings (SSSR count). The lowest BCUT2D eigenvalue weighted by Gasteiger charge is -2.20. The first-order valence-corrected chi connectivity index (χ1v) is 8.53. The van der Waals surface area contributed by atoms with Crippen LogP contribution >= 0.6 is 0 Å². The second-order valence-electron chi connectivity index (χ2n) is 6.52. The van der Waals surface area contributed by atoms with Crippen molar-refractivity contribution in [2.75, 3.05) is 6.79 Å². The highest BCUT2D eigenvalue weighted by Crippen LogP contribution is 2.32. The molecular formula is C19H22N2O5. The molecule has 0 bridgehead atoms. The Bertz CT molecular complexity index is 770. The smallest absolute Gasteiger partial charge is 0.252 e. The number of carbonyl (C=O) groups excluding carboxylic acids is 2. The molecule has 2 heterocycles. The molecule has 2 aromatic rings. The van der Waals surface area contributed by atoms with Gasteiger partial charge in [-0.05, 0) is 42.7 Å². The number of benzene rings is 1. The van der Waals surface area contributed by atoms with E-state index < -0.39 is 6.04 Å². The lowest BCUT2D eigenvalue weighted by atomic mass is 10.0. The number of ether oxygens (including phenoxy) is 2. The third kappa shape index (κ3) is 4.36. The second kappa shape index (κ2) is 7.95. The van der Waals surface area contributed by atoms with Gasteiger partial charge in [0.05, 0.1) is 12.8 Å². The molecule has 2 amide bonds. The Labute approximate surface area is 151 Å². The van der Waals surface area contributed by atoms with Crippen molar-refractivity contribution >= 4 is 11.8 Å². The predicted octanol–water partition coefficient (Wildman–Crippen LogP) is 2.47. The maximum absolute atomic E-state index is 12.6. The van der Waals surface area contributed by atoms with Crippen LogP contribution in [0.1, 0.15) is 36.4 Å². The van der Waals surface area contributed by atoms with Crippen LogP contribution in [0.2, 0.25) is 0 Å². The minimum Gasteiger partial charge on any atom is -0.467 e. The SMILES string of the molecule is CC(C)C[C@H](NC(=O)c1ccc2c(c1)OCO2)C(=O)NCc1ccco1. The van der Waals surface area contributed by atoms with Crippen molar-refractivity contribution in [2.45, 2.75) is 32.9 Å². The molecule has 7 heteroatoms. The summed E-state index contributed by atoms with van der Waals surface area (Å²) >= 11 is 0. The number of carbonyl (C=O) groups is 2. The van der Waals surface area contributed by atoms with E-state index in [9.17, 15) is 9.59 Å². The van der Waals surface area contributed by atoms with Gasteiger partial charge in [0.25, 0.3) is 5.91 Å². The van der Waals surface area contributed by atoms with Gasteiger partial charge in [-0.1, -0.05) is 13.8 Å². The molecule has 1 aromatic heterocycles. The van der Waals surface area contributed by atoms with E-state index >= 15 is 0 Å². The normalized spacial score (nSPS) is 13.5. The molecule has 1 aromatic carbocycles. The molecule has 1 atom stereocenters. The lowest BCUT2D eigenvalue weighted by Crippen LogP contribution is -2.47. The van der Waals surface area contributed by atoms with E-state index in [1.54, 1.807) is 36.6 Å². The molecule has 0 aliphatic carbocycles. The Morgan fingerprint density at radius 1 is 1.15 bits per heavy atom. The summed E-state index contributed by atoms with van der Waals surface area (Å²) in [7, 11) is 0. The highest BCUT2D eigenvalue weighted by molar-refractivity contribution is 5.98. The first kappa shape index (κ1) is 17.8. The molecule has 1 aliphatic rings. The molecule has 2 N–H and O–H groups in total. The van der Waals surface area contributed by atoms with E-state index in [0.29, 0.717) is 29.2 Å². The van der Waals surface area contributed by atoms with E-state index in [0.717, 1.165) is 0 Å². The van der Waals surface area contributed by atoms with Gasteiger partial charge >= 0.3 is 0 Å². The van der Waals surface area contributed by atoms with Crippen molar-refractivity contribution in [1.82, 2.24) is 10.6 Å². The molecule has 0 unspecified atom stereocenters. The summed E-state index contributed by atoms with van der Waals surface area (Å²) in [5.74, 6) is 1.46. The molecular weight excluding hydrogens is 336 g/mol. The van der Waals surface area contributed by atoms with Gasteiger partial charge in [-0.15, -0.1) is 0 Å². The quantitative estimate of drug-likeness (QED) is 0.794. The molecule has 0 spiro atoms. The van der Waals surface area contributed by atoms with Crippen molar-refractivity contribution in [3.8, 4) is 11.5 Å². The van der Waals surface area contributed by atoms with Crippen molar-refractivity contribution in [3.63, 3.8) is 0 Å². The van der Waals surface area contributed by atoms with Gasteiger partial charge in [0.2, 0.25) is 12.7 Å². The minimum atomic E-state index is -0.636. The van der Waals surface area contributed by atoms with E-state index in [1.807, 2.05) is 13.8 Å². The summed E-state index contributed by atoms with van der Waals surface area (Å²) in [6.07, 6.45) is 2.08. The molecule has 7 nitrogen and oxygen atoms in total. The van der Waals surface area contributed by atoms with Crippen LogP contribution in [0.3, 0.4) is 0 Å². The maximum Gasteiger partial charge on any atom is 0.252 e. The van der Waals surface area contributed by atoms with Gasteiger partial charge < -0.3 is 24.5 Å². The zero-order valence-corrected chi connectivity index (χ0v) is 14.8. The van der Waals surface area contributed by atoms with Gasteiger partial charge in [-0.25, -0.2) is 0 Å². The van der Waals surface area contributed by atoms with Gasteiger partial charge in [0, 0.05) is 5.56 Å². The van der Waals surface area contributed by atoms with Gasteiger partial charge in [-0.3, -0.25) is 9.59 Å². The molecule has 0 fully saturated rings. The Kier molecular flexibility index (Phi) is 5.46. The third-order valence-corrected chi connectivity index (χ3v) is 3.98. The Hall–Kier alpha value is -2.96. The summed E-state index contributed by atoms with van der Waals surface area (Å²) in [4.78, 5) is 25.1. The van der Waals surface area contributed by atoms with E-state index in [4.69, 9.17) is 13.9 Å². The summed E-state index contributed by atoms with van der Waals surface area (Å²) < 4.78 is 15.7. The topological polar surface area (TPSA) is 89.8 Å². The van der Waals surface area contributed by atoms with Crippen molar-refractivity contribution in [2.24, 2.45) is 5.92 Å². The number of amides is 2. The predicted molar refractivity (Wildman–Crippen MR) is 93.8 cm³/mol.